The summed E-state index contributed by atoms with van der Waals surface area (Å²) in [6.45, 7) is 0. The van der Waals surface area contributed by atoms with Crippen LogP contribution in [0.1, 0.15) is 10.4 Å². The van der Waals surface area contributed by atoms with Gasteiger partial charge < -0.3 is 5.32 Å². The molecule has 0 aliphatic carbocycles. The summed E-state index contributed by atoms with van der Waals surface area (Å²) in [5.41, 5.74) is 3.73. The van der Waals surface area contributed by atoms with E-state index in [1.54, 1.807) is 23.1 Å². The summed E-state index contributed by atoms with van der Waals surface area (Å²) in [5.74, 6) is 0.652. The average molecular weight is 492 g/mol. The first kappa shape index (κ1) is 21.2. The molecule has 5 rings (SSSR count). The fourth-order valence-electron chi connectivity index (χ4n) is 3.32. The number of hydrogen-bond donors (Lipinski definition) is 1. The van der Waals surface area contributed by atoms with Crippen molar-refractivity contribution in [3.05, 3.63) is 93.5 Å². The molecule has 1 N–H and O–H groups in total. The third kappa shape index (κ3) is 4.45. The smallest absolute Gasteiger partial charge is 0.263 e. The zero-order valence-electron chi connectivity index (χ0n) is 16.7. The Balaban J connectivity index is 1.70. The summed E-state index contributed by atoms with van der Waals surface area (Å²) in [6, 6.07) is 24.3. The molecule has 4 aromatic rings. The number of thiophene rings is 1. The van der Waals surface area contributed by atoms with Crippen molar-refractivity contribution in [2.24, 2.45) is 0 Å². The number of rotatable bonds is 6. The van der Waals surface area contributed by atoms with Crippen molar-refractivity contribution in [1.82, 2.24) is 15.1 Å². The van der Waals surface area contributed by atoms with Gasteiger partial charge in [-0.25, -0.2) is 4.68 Å². The Morgan fingerprint density at radius 1 is 1.03 bits per heavy atom. The predicted octanol–water partition coefficient (Wildman–Crippen LogP) is 6.38. The SMILES string of the molecule is O=C1NC(=S)S/C1=C\c1c(-c2ccccc2)nn(-c2ccccc2)c1SCc1cccs1. The predicted molar refractivity (Wildman–Crippen MR) is 139 cm³/mol. The van der Waals surface area contributed by atoms with Gasteiger partial charge in [-0.05, 0) is 29.7 Å². The van der Waals surface area contributed by atoms with Crippen LogP contribution in [0.5, 0.6) is 0 Å². The maximum absolute atomic E-state index is 12.4. The number of amides is 1. The van der Waals surface area contributed by atoms with Gasteiger partial charge in [-0.15, -0.1) is 23.1 Å². The first-order valence-electron chi connectivity index (χ1n) is 9.83. The molecule has 1 fully saturated rings. The lowest BCUT2D eigenvalue weighted by Crippen LogP contribution is -2.17. The van der Waals surface area contributed by atoms with Crippen LogP contribution in [-0.2, 0) is 10.5 Å². The minimum absolute atomic E-state index is 0.166. The monoisotopic (exact) mass is 491 g/mol. The molecule has 4 nitrogen and oxygen atoms in total. The molecule has 2 aromatic carbocycles. The number of carbonyl (C=O) groups excluding carboxylic acids is 1. The van der Waals surface area contributed by atoms with Gasteiger partial charge in [0.2, 0.25) is 0 Å². The van der Waals surface area contributed by atoms with Gasteiger partial charge in [0.15, 0.2) is 0 Å². The maximum Gasteiger partial charge on any atom is 0.263 e. The number of thioether (sulfide) groups is 2. The normalized spacial score (nSPS) is 14.8. The van der Waals surface area contributed by atoms with E-state index in [2.05, 4.69) is 22.8 Å². The number of nitrogens with one attached hydrogen (secondary N) is 1. The number of nitrogens with zero attached hydrogens (tertiary/aromatic N) is 2. The van der Waals surface area contributed by atoms with Crippen LogP contribution >= 0.6 is 47.1 Å². The molecule has 0 atom stereocenters. The van der Waals surface area contributed by atoms with E-state index in [0.717, 1.165) is 33.3 Å². The topological polar surface area (TPSA) is 46.9 Å². The molecule has 0 radical (unpaired) electrons. The quantitative estimate of drug-likeness (QED) is 0.193. The molecule has 1 aliphatic heterocycles. The third-order valence-electron chi connectivity index (χ3n) is 4.77. The van der Waals surface area contributed by atoms with Crippen molar-refractivity contribution in [3.63, 3.8) is 0 Å². The number of benzene rings is 2. The Hall–Kier alpha value is -2.65. The number of carbonyl (C=O) groups is 1. The number of para-hydroxylation sites is 1. The van der Waals surface area contributed by atoms with Crippen LogP contribution in [0.25, 0.3) is 23.0 Å². The lowest BCUT2D eigenvalue weighted by atomic mass is 10.1. The van der Waals surface area contributed by atoms with Crippen LogP contribution < -0.4 is 5.32 Å². The van der Waals surface area contributed by atoms with Crippen molar-refractivity contribution >= 4 is 63.4 Å². The molecule has 0 saturated carbocycles. The Kier molecular flexibility index (Phi) is 6.27. The van der Waals surface area contributed by atoms with Crippen LogP contribution in [0.3, 0.4) is 0 Å². The van der Waals surface area contributed by atoms with E-state index in [4.69, 9.17) is 17.3 Å². The summed E-state index contributed by atoms with van der Waals surface area (Å²) in [4.78, 5) is 14.3. The second kappa shape index (κ2) is 9.46. The minimum atomic E-state index is -0.166. The molecule has 0 unspecified atom stereocenters. The molecule has 1 saturated heterocycles. The van der Waals surface area contributed by atoms with Crippen molar-refractivity contribution in [2.75, 3.05) is 0 Å². The van der Waals surface area contributed by atoms with E-state index in [1.807, 2.05) is 71.4 Å². The van der Waals surface area contributed by atoms with Crippen LogP contribution in [0.2, 0.25) is 0 Å². The molecule has 0 bridgehead atoms. The van der Waals surface area contributed by atoms with Gasteiger partial charge in [-0.3, -0.25) is 4.79 Å². The lowest BCUT2D eigenvalue weighted by Gasteiger charge is -2.08. The lowest BCUT2D eigenvalue weighted by molar-refractivity contribution is -0.115. The van der Waals surface area contributed by atoms with Crippen molar-refractivity contribution < 1.29 is 4.79 Å². The number of aromatic nitrogens is 2. The minimum Gasteiger partial charge on any atom is -0.307 e. The van der Waals surface area contributed by atoms with E-state index in [-0.39, 0.29) is 5.91 Å². The van der Waals surface area contributed by atoms with E-state index >= 15 is 0 Å². The van der Waals surface area contributed by atoms with Gasteiger partial charge >= 0.3 is 0 Å². The summed E-state index contributed by atoms with van der Waals surface area (Å²) >= 11 is 9.95. The van der Waals surface area contributed by atoms with E-state index < -0.39 is 0 Å². The van der Waals surface area contributed by atoms with Crippen molar-refractivity contribution in [3.8, 4) is 16.9 Å². The van der Waals surface area contributed by atoms with Crippen LogP contribution in [-0.4, -0.2) is 20.0 Å². The molecule has 158 valence electrons. The Bertz CT molecular complexity index is 1300. The number of hydrogen-bond acceptors (Lipinski definition) is 6. The first-order valence-corrected chi connectivity index (χ1v) is 12.9. The van der Waals surface area contributed by atoms with Crippen molar-refractivity contribution in [2.45, 2.75) is 10.8 Å². The number of thiocarbonyl (C=S) groups is 1. The first-order chi connectivity index (χ1) is 15.7. The van der Waals surface area contributed by atoms with Crippen LogP contribution in [0, 0.1) is 0 Å². The van der Waals surface area contributed by atoms with Gasteiger partial charge in [-0.1, -0.05) is 78.6 Å². The Morgan fingerprint density at radius 3 is 2.44 bits per heavy atom. The van der Waals surface area contributed by atoms with Gasteiger partial charge in [0, 0.05) is 21.8 Å². The van der Waals surface area contributed by atoms with Gasteiger partial charge in [0.1, 0.15) is 15.0 Å². The second-order valence-electron chi connectivity index (χ2n) is 6.90. The highest BCUT2D eigenvalue weighted by Gasteiger charge is 2.26. The zero-order chi connectivity index (χ0) is 21.9. The maximum atomic E-state index is 12.4. The fourth-order valence-corrected chi connectivity index (χ4v) is 6.24. The standard InChI is InChI=1S/C24H17N3OS4/c28-22-20(32-24(29)25-22)14-19-21(16-8-3-1-4-9-16)26-27(17-10-5-2-6-11-17)23(19)31-15-18-12-7-13-30-18/h1-14H,15H2,(H,25,28,29)/b20-14-. The molecule has 0 spiro atoms. The highest BCUT2D eigenvalue weighted by Crippen LogP contribution is 2.39. The molecule has 3 heterocycles. The average Bonchev–Trinajstić information content (AvgIpc) is 3.53. The largest absolute Gasteiger partial charge is 0.307 e. The van der Waals surface area contributed by atoms with Gasteiger partial charge in [0.05, 0.1) is 10.6 Å². The Labute approximate surface area is 203 Å². The molecule has 1 aliphatic rings. The van der Waals surface area contributed by atoms with Crippen molar-refractivity contribution in [1.29, 1.82) is 0 Å². The second-order valence-corrected chi connectivity index (χ2v) is 10.6. The van der Waals surface area contributed by atoms with Gasteiger partial charge in [-0.2, -0.15) is 5.10 Å². The van der Waals surface area contributed by atoms with E-state index in [9.17, 15) is 4.79 Å². The molecule has 1 amide bonds. The fraction of sp³-hybridized carbons (Fsp3) is 0.0417. The molecule has 32 heavy (non-hydrogen) atoms. The molecule has 8 heteroatoms. The highest BCUT2D eigenvalue weighted by molar-refractivity contribution is 8.26. The molecular weight excluding hydrogens is 475 g/mol. The van der Waals surface area contributed by atoms with Crippen LogP contribution in [0.4, 0.5) is 0 Å². The van der Waals surface area contributed by atoms with Gasteiger partial charge in [0.25, 0.3) is 5.91 Å². The third-order valence-corrected chi connectivity index (χ3v) is 8.12. The summed E-state index contributed by atoms with van der Waals surface area (Å²) in [5, 5.41) is 10.8. The summed E-state index contributed by atoms with van der Waals surface area (Å²) in [7, 11) is 0. The summed E-state index contributed by atoms with van der Waals surface area (Å²) < 4.78 is 2.45. The highest BCUT2D eigenvalue weighted by atomic mass is 32.2. The summed E-state index contributed by atoms with van der Waals surface area (Å²) in [6.07, 6.45) is 1.92. The molecular formula is C24H17N3OS4. The van der Waals surface area contributed by atoms with E-state index in [0.29, 0.717) is 9.23 Å². The molecule has 2 aromatic heterocycles. The zero-order valence-corrected chi connectivity index (χ0v) is 20.0. The van der Waals surface area contributed by atoms with E-state index in [1.165, 1.54) is 16.6 Å². The van der Waals surface area contributed by atoms with Crippen LogP contribution in [0.15, 0.2) is 88.1 Å². The Morgan fingerprint density at radius 2 is 1.78 bits per heavy atom.